The molecule has 8 heteroatoms. The van der Waals surface area contributed by atoms with Crippen molar-refractivity contribution in [1.29, 1.82) is 0 Å². The van der Waals surface area contributed by atoms with Crippen LogP contribution in [-0.2, 0) is 6.61 Å². The van der Waals surface area contributed by atoms with E-state index in [9.17, 15) is 13.2 Å². The van der Waals surface area contributed by atoms with Gasteiger partial charge in [0.05, 0.1) is 12.6 Å². The predicted octanol–water partition coefficient (Wildman–Crippen LogP) is 2.46. The van der Waals surface area contributed by atoms with Gasteiger partial charge in [-0.3, -0.25) is 5.32 Å². The first kappa shape index (κ1) is 13.9. The maximum Gasteiger partial charge on any atom is 0.262 e. The van der Waals surface area contributed by atoms with E-state index < -0.39 is 24.3 Å². The van der Waals surface area contributed by atoms with Gasteiger partial charge in [0, 0.05) is 12.5 Å². The van der Waals surface area contributed by atoms with Crippen LogP contribution in [0.1, 0.15) is 24.2 Å². The zero-order valence-corrected chi connectivity index (χ0v) is 10.9. The smallest absolute Gasteiger partial charge is 0.262 e. The number of ether oxygens (including phenoxy) is 1. The maximum absolute atomic E-state index is 13.1. The second kappa shape index (κ2) is 5.36. The number of halogens is 3. The van der Waals surface area contributed by atoms with Crippen LogP contribution in [0.4, 0.5) is 13.2 Å². The van der Waals surface area contributed by atoms with E-state index in [-0.39, 0.29) is 24.7 Å². The van der Waals surface area contributed by atoms with Crippen molar-refractivity contribution < 1.29 is 22.4 Å². The summed E-state index contributed by atoms with van der Waals surface area (Å²) in [6.07, 6.45) is -0.376. The topological polar surface area (TPSA) is 60.2 Å². The van der Waals surface area contributed by atoms with Gasteiger partial charge in [0.25, 0.3) is 5.92 Å². The summed E-state index contributed by atoms with van der Waals surface area (Å²) in [6, 6.07) is 4.96. The second-order valence-electron chi connectivity index (χ2n) is 4.79. The molecule has 5 nitrogen and oxygen atoms in total. The van der Waals surface area contributed by atoms with Crippen molar-refractivity contribution in [2.24, 2.45) is 0 Å². The Bertz CT molecular complexity index is 633. The lowest BCUT2D eigenvalue weighted by Gasteiger charge is -2.04. The Morgan fingerprint density at radius 1 is 1.43 bits per heavy atom. The Morgan fingerprint density at radius 2 is 2.29 bits per heavy atom. The molecule has 0 bridgehead atoms. The van der Waals surface area contributed by atoms with Gasteiger partial charge in [-0.15, -0.1) is 0 Å². The van der Waals surface area contributed by atoms with Crippen molar-refractivity contribution in [1.82, 2.24) is 15.5 Å². The zero-order chi connectivity index (χ0) is 14.9. The highest BCUT2D eigenvalue weighted by Gasteiger charge is 2.42. The van der Waals surface area contributed by atoms with Gasteiger partial charge in [-0.1, -0.05) is 11.2 Å². The molecule has 1 aliphatic rings. The number of nitrogens with zero attached hydrogens (tertiary/aromatic N) is 2. The van der Waals surface area contributed by atoms with Crippen LogP contribution in [0.5, 0.6) is 5.75 Å². The largest absolute Gasteiger partial charge is 0.485 e. The maximum atomic E-state index is 13.1. The number of nitrogens with one attached hydrogen (secondary N) is 1. The SMILES string of the molecule is Fc1cccc(OCc2noc(C3CC(F)(F)CN3)n2)c1. The molecule has 0 amide bonds. The Morgan fingerprint density at radius 3 is 3.00 bits per heavy atom. The van der Waals surface area contributed by atoms with E-state index in [1.807, 2.05) is 0 Å². The van der Waals surface area contributed by atoms with E-state index in [2.05, 4.69) is 15.5 Å². The molecule has 0 saturated carbocycles. The van der Waals surface area contributed by atoms with Gasteiger partial charge in [0.1, 0.15) is 11.6 Å². The Kier molecular flexibility index (Phi) is 3.54. The normalized spacial score (nSPS) is 20.6. The summed E-state index contributed by atoms with van der Waals surface area (Å²) in [4.78, 5) is 4.00. The van der Waals surface area contributed by atoms with E-state index in [1.165, 1.54) is 18.2 Å². The van der Waals surface area contributed by atoms with Crippen molar-refractivity contribution in [3.63, 3.8) is 0 Å². The Balaban J connectivity index is 1.61. The molecule has 1 aromatic carbocycles. The van der Waals surface area contributed by atoms with Gasteiger partial charge >= 0.3 is 0 Å². The fourth-order valence-corrected chi connectivity index (χ4v) is 2.06. The molecule has 0 aliphatic carbocycles. The molecule has 21 heavy (non-hydrogen) atoms. The van der Waals surface area contributed by atoms with Gasteiger partial charge in [-0.25, -0.2) is 13.2 Å². The van der Waals surface area contributed by atoms with Crippen LogP contribution in [0.15, 0.2) is 28.8 Å². The van der Waals surface area contributed by atoms with Crippen LogP contribution in [-0.4, -0.2) is 22.6 Å². The average Bonchev–Trinajstić information content (AvgIpc) is 3.03. The van der Waals surface area contributed by atoms with Gasteiger partial charge in [-0.2, -0.15) is 4.98 Å². The summed E-state index contributed by atoms with van der Waals surface area (Å²) < 4.78 is 49.4. The van der Waals surface area contributed by atoms with E-state index in [4.69, 9.17) is 9.26 Å². The van der Waals surface area contributed by atoms with Crippen molar-refractivity contribution in [3.8, 4) is 5.75 Å². The van der Waals surface area contributed by atoms with Crippen LogP contribution in [0.25, 0.3) is 0 Å². The number of benzene rings is 1. The van der Waals surface area contributed by atoms with Crippen LogP contribution >= 0.6 is 0 Å². The van der Waals surface area contributed by atoms with Crippen LogP contribution in [0.3, 0.4) is 0 Å². The molecule has 1 aliphatic heterocycles. The summed E-state index contributed by atoms with van der Waals surface area (Å²) in [6.45, 7) is -0.439. The number of hydrogen-bond donors (Lipinski definition) is 1. The molecular weight excluding hydrogens is 287 g/mol. The number of alkyl halides is 2. The standard InChI is InChI=1S/C13H12F3N3O2/c14-8-2-1-3-9(4-8)20-6-11-18-12(21-19-11)10-5-13(15,16)7-17-10/h1-4,10,17H,5-7H2. The molecule has 0 spiro atoms. The van der Waals surface area contributed by atoms with Crippen molar-refractivity contribution in [2.75, 3.05) is 6.54 Å². The van der Waals surface area contributed by atoms with Crippen LogP contribution in [0.2, 0.25) is 0 Å². The molecule has 2 heterocycles. The first-order valence-electron chi connectivity index (χ1n) is 6.34. The fraction of sp³-hybridized carbons (Fsp3) is 0.385. The fourth-order valence-electron chi connectivity index (χ4n) is 2.06. The third-order valence-electron chi connectivity index (χ3n) is 3.06. The minimum absolute atomic E-state index is 0.0317. The quantitative estimate of drug-likeness (QED) is 0.939. The molecule has 1 N–H and O–H groups in total. The summed E-state index contributed by atoms with van der Waals surface area (Å²) in [5, 5.41) is 6.28. The molecule has 1 saturated heterocycles. The van der Waals surface area contributed by atoms with Gasteiger partial charge in [0.2, 0.25) is 11.7 Å². The first-order chi connectivity index (χ1) is 10.0. The Hall–Kier alpha value is -2.09. The van der Waals surface area contributed by atoms with E-state index in [1.54, 1.807) is 6.07 Å². The summed E-state index contributed by atoms with van der Waals surface area (Å²) in [5.74, 6) is -2.54. The third-order valence-corrected chi connectivity index (χ3v) is 3.06. The van der Waals surface area contributed by atoms with E-state index in [0.717, 1.165) is 0 Å². The predicted molar refractivity (Wildman–Crippen MR) is 65.3 cm³/mol. The van der Waals surface area contributed by atoms with Crippen LogP contribution < -0.4 is 10.1 Å². The molecule has 1 atom stereocenters. The molecular formula is C13H12F3N3O2. The van der Waals surface area contributed by atoms with Crippen molar-refractivity contribution >= 4 is 0 Å². The third kappa shape index (κ3) is 3.33. The summed E-state index contributed by atoms with van der Waals surface area (Å²) >= 11 is 0. The van der Waals surface area contributed by atoms with Crippen LogP contribution in [0, 0.1) is 5.82 Å². The lowest BCUT2D eigenvalue weighted by molar-refractivity contribution is 0.0200. The molecule has 1 aromatic heterocycles. The molecule has 112 valence electrons. The monoisotopic (exact) mass is 299 g/mol. The first-order valence-corrected chi connectivity index (χ1v) is 6.34. The van der Waals surface area contributed by atoms with Crippen molar-refractivity contribution in [2.45, 2.75) is 25.0 Å². The lowest BCUT2D eigenvalue weighted by atomic mass is 10.2. The minimum Gasteiger partial charge on any atom is -0.485 e. The molecule has 1 fully saturated rings. The summed E-state index contributed by atoms with van der Waals surface area (Å²) in [7, 11) is 0. The molecule has 1 unspecified atom stereocenters. The number of rotatable bonds is 4. The molecule has 2 aromatic rings. The highest BCUT2D eigenvalue weighted by Crippen LogP contribution is 2.33. The summed E-state index contributed by atoms with van der Waals surface area (Å²) in [5.41, 5.74) is 0. The van der Waals surface area contributed by atoms with Gasteiger partial charge in [0.15, 0.2) is 6.61 Å². The molecule has 0 radical (unpaired) electrons. The number of aromatic nitrogens is 2. The van der Waals surface area contributed by atoms with Gasteiger partial charge < -0.3 is 9.26 Å². The zero-order valence-electron chi connectivity index (χ0n) is 10.9. The van der Waals surface area contributed by atoms with E-state index in [0.29, 0.717) is 5.75 Å². The average molecular weight is 299 g/mol. The highest BCUT2D eigenvalue weighted by atomic mass is 19.3. The van der Waals surface area contributed by atoms with E-state index >= 15 is 0 Å². The lowest BCUT2D eigenvalue weighted by Crippen LogP contribution is -2.19. The second-order valence-corrected chi connectivity index (χ2v) is 4.79. The Labute approximate surface area is 118 Å². The molecule has 3 rings (SSSR count). The number of hydrogen-bond acceptors (Lipinski definition) is 5. The highest BCUT2D eigenvalue weighted by molar-refractivity contribution is 5.22. The minimum atomic E-state index is -2.77. The van der Waals surface area contributed by atoms with Crippen molar-refractivity contribution in [3.05, 3.63) is 41.8 Å². The van der Waals surface area contributed by atoms with Gasteiger partial charge in [-0.05, 0) is 12.1 Å².